The number of esters is 1. The van der Waals surface area contributed by atoms with Crippen molar-refractivity contribution >= 4 is 44.8 Å². The van der Waals surface area contributed by atoms with Crippen LogP contribution in [0.5, 0.6) is 17.2 Å². The summed E-state index contributed by atoms with van der Waals surface area (Å²) in [5.74, 6) is 0.553. The fourth-order valence-corrected chi connectivity index (χ4v) is 3.73. The number of nitrogens with one attached hydrogen (secondary N) is 1. The molecular weight excluding hydrogens is 524 g/mol. The number of halogens is 1. The molecule has 0 radical (unpaired) electrons. The molecular formula is C28H23BrN2O5. The Morgan fingerprint density at radius 2 is 1.64 bits per heavy atom. The van der Waals surface area contributed by atoms with Crippen molar-refractivity contribution in [1.29, 1.82) is 0 Å². The van der Waals surface area contributed by atoms with Gasteiger partial charge in [0, 0.05) is 10.0 Å². The summed E-state index contributed by atoms with van der Waals surface area (Å²) in [5, 5.41) is 6.13. The second-order valence-electron chi connectivity index (χ2n) is 7.80. The molecule has 8 heteroatoms. The molecule has 1 amide bonds. The lowest BCUT2D eigenvalue weighted by molar-refractivity contribution is -0.127. The Labute approximate surface area is 216 Å². The molecule has 0 aliphatic carbocycles. The van der Waals surface area contributed by atoms with Gasteiger partial charge in [-0.05, 0) is 72.3 Å². The SMILES string of the molecule is COc1ccc(C(=O)Oc2ccc(Br)cc2/C=N\NC(=O)[C@H](C)Oc2ccc3ccccc3c2)cc1. The van der Waals surface area contributed by atoms with Crippen LogP contribution in [0.3, 0.4) is 0 Å². The molecule has 1 atom stereocenters. The summed E-state index contributed by atoms with van der Waals surface area (Å²) in [4.78, 5) is 25.1. The summed E-state index contributed by atoms with van der Waals surface area (Å²) in [7, 11) is 1.55. The van der Waals surface area contributed by atoms with Crippen molar-refractivity contribution in [3.05, 3.63) is 101 Å². The predicted octanol–water partition coefficient (Wildman–Crippen LogP) is 5.75. The minimum absolute atomic E-state index is 0.289. The molecule has 0 aromatic heterocycles. The number of benzene rings is 4. The van der Waals surface area contributed by atoms with Crippen LogP contribution < -0.4 is 19.6 Å². The molecule has 0 saturated carbocycles. The number of amides is 1. The maximum atomic E-state index is 12.6. The number of carbonyl (C=O) groups is 2. The van der Waals surface area contributed by atoms with Gasteiger partial charge in [-0.15, -0.1) is 0 Å². The number of nitrogens with zero attached hydrogens (tertiary/aromatic N) is 1. The van der Waals surface area contributed by atoms with E-state index in [-0.39, 0.29) is 5.75 Å². The fourth-order valence-electron chi connectivity index (χ4n) is 3.35. The van der Waals surface area contributed by atoms with E-state index in [2.05, 4.69) is 26.5 Å². The number of ether oxygens (including phenoxy) is 3. The standard InChI is InChI=1S/C28H23BrN2O5/c1-18(35-25-13-7-19-5-3-4-6-21(19)16-25)27(32)31-30-17-22-15-23(29)10-14-26(22)36-28(33)20-8-11-24(34-2)12-9-20/h3-18H,1-2H3,(H,31,32)/b30-17-/t18-/m0/s1. The molecule has 1 N–H and O–H groups in total. The first kappa shape index (κ1) is 24.9. The molecule has 36 heavy (non-hydrogen) atoms. The van der Waals surface area contributed by atoms with Crippen LogP contribution in [0.2, 0.25) is 0 Å². The van der Waals surface area contributed by atoms with Crippen LogP contribution in [0, 0.1) is 0 Å². The van der Waals surface area contributed by atoms with Crippen LogP contribution in [0.1, 0.15) is 22.8 Å². The van der Waals surface area contributed by atoms with Gasteiger partial charge in [0.05, 0.1) is 18.9 Å². The summed E-state index contributed by atoms with van der Waals surface area (Å²) in [5.41, 5.74) is 3.33. The summed E-state index contributed by atoms with van der Waals surface area (Å²) >= 11 is 3.40. The van der Waals surface area contributed by atoms with Crippen LogP contribution in [0.25, 0.3) is 10.8 Å². The molecule has 0 spiro atoms. The largest absolute Gasteiger partial charge is 0.497 e. The van der Waals surface area contributed by atoms with Gasteiger partial charge in [-0.25, -0.2) is 10.2 Å². The lowest BCUT2D eigenvalue weighted by Crippen LogP contribution is -2.33. The molecule has 182 valence electrons. The van der Waals surface area contributed by atoms with Gasteiger partial charge < -0.3 is 14.2 Å². The van der Waals surface area contributed by atoms with Crippen LogP contribution in [-0.4, -0.2) is 31.3 Å². The van der Waals surface area contributed by atoms with Crippen LogP contribution in [-0.2, 0) is 4.79 Å². The average molecular weight is 547 g/mol. The molecule has 0 aliphatic rings. The molecule has 0 unspecified atom stereocenters. The third-order valence-electron chi connectivity index (χ3n) is 5.28. The Morgan fingerprint density at radius 1 is 0.917 bits per heavy atom. The van der Waals surface area contributed by atoms with E-state index < -0.39 is 18.0 Å². The summed E-state index contributed by atoms with van der Waals surface area (Å²) in [6.07, 6.45) is 0.625. The molecule has 4 rings (SSSR count). The van der Waals surface area contributed by atoms with E-state index in [1.807, 2.05) is 42.5 Å². The van der Waals surface area contributed by atoms with Crippen molar-refractivity contribution in [2.75, 3.05) is 7.11 Å². The van der Waals surface area contributed by atoms with Crippen molar-refractivity contribution < 1.29 is 23.8 Å². The van der Waals surface area contributed by atoms with Gasteiger partial charge in [0.2, 0.25) is 0 Å². The minimum Gasteiger partial charge on any atom is -0.497 e. The van der Waals surface area contributed by atoms with Crippen LogP contribution in [0.15, 0.2) is 94.5 Å². The average Bonchev–Trinajstić information content (AvgIpc) is 2.90. The van der Waals surface area contributed by atoms with E-state index in [1.165, 1.54) is 6.21 Å². The van der Waals surface area contributed by atoms with E-state index in [0.29, 0.717) is 22.6 Å². The molecule has 4 aromatic carbocycles. The Morgan fingerprint density at radius 3 is 2.39 bits per heavy atom. The lowest BCUT2D eigenvalue weighted by atomic mass is 10.1. The third-order valence-corrected chi connectivity index (χ3v) is 5.77. The highest BCUT2D eigenvalue weighted by Gasteiger charge is 2.15. The van der Waals surface area contributed by atoms with E-state index >= 15 is 0 Å². The first-order valence-corrected chi connectivity index (χ1v) is 11.9. The lowest BCUT2D eigenvalue weighted by Gasteiger charge is -2.13. The Balaban J connectivity index is 1.40. The monoisotopic (exact) mass is 546 g/mol. The number of fused-ring (bicyclic) bond motifs is 1. The zero-order valence-corrected chi connectivity index (χ0v) is 21.2. The number of carbonyl (C=O) groups excluding carboxylic acids is 2. The number of hydrogen-bond acceptors (Lipinski definition) is 6. The zero-order valence-electron chi connectivity index (χ0n) is 19.6. The topological polar surface area (TPSA) is 86.2 Å². The molecule has 0 saturated heterocycles. The smallest absolute Gasteiger partial charge is 0.343 e. The highest BCUT2D eigenvalue weighted by atomic mass is 79.9. The molecule has 0 heterocycles. The highest BCUT2D eigenvalue weighted by Crippen LogP contribution is 2.24. The van der Waals surface area contributed by atoms with Crippen molar-refractivity contribution in [3.63, 3.8) is 0 Å². The fraction of sp³-hybridized carbons (Fsp3) is 0.107. The van der Waals surface area contributed by atoms with E-state index in [4.69, 9.17) is 14.2 Å². The quantitative estimate of drug-likeness (QED) is 0.132. The van der Waals surface area contributed by atoms with E-state index in [9.17, 15) is 9.59 Å². The van der Waals surface area contributed by atoms with Crippen LogP contribution >= 0.6 is 15.9 Å². The van der Waals surface area contributed by atoms with Gasteiger partial charge in [-0.3, -0.25) is 4.79 Å². The maximum Gasteiger partial charge on any atom is 0.343 e. The molecule has 0 aliphatic heterocycles. The van der Waals surface area contributed by atoms with Crippen molar-refractivity contribution in [2.24, 2.45) is 5.10 Å². The maximum absolute atomic E-state index is 12.6. The second-order valence-corrected chi connectivity index (χ2v) is 8.72. The zero-order chi connectivity index (χ0) is 25.5. The molecule has 0 fully saturated rings. The Bertz CT molecular complexity index is 1420. The Kier molecular flexibility index (Phi) is 7.97. The second kappa shape index (κ2) is 11.5. The van der Waals surface area contributed by atoms with Crippen molar-refractivity contribution in [3.8, 4) is 17.2 Å². The van der Waals surface area contributed by atoms with E-state index in [1.54, 1.807) is 56.5 Å². The van der Waals surface area contributed by atoms with Crippen LogP contribution in [0.4, 0.5) is 0 Å². The van der Waals surface area contributed by atoms with Gasteiger partial charge in [0.1, 0.15) is 17.2 Å². The molecule has 4 aromatic rings. The van der Waals surface area contributed by atoms with Gasteiger partial charge >= 0.3 is 5.97 Å². The number of rotatable bonds is 8. The number of methoxy groups -OCH3 is 1. The van der Waals surface area contributed by atoms with E-state index in [0.717, 1.165) is 15.2 Å². The van der Waals surface area contributed by atoms with Crippen molar-refractivity contribution in [2.45, 2.75) is 13.0 Å². The summed E-state index contributed by atoms with van der Waals surface area (Å²) in [6.45, 7) is 1.64. The predicted molar refractivity (Wildman–Crippen MR) is 142 cm³/mol. The highest BCUT2D eigenvalue weighted by molar-refractivity contribution is 9.10. The first-order valence-electron chi connectivity index (χ1n) is 11.1. The van der Waals surface area contributed by atoms with Gasteiger partial charge in [-0.2, -0.15) is 5.10 Å². The van der Waals surface area contributed by atoms with Gasteiger partial charge in [0.15, 0.2) is 6.10 Å². The first-order chi connectivity index (χ1) is 17.4. The molecule has 7 nitrogen and oxygen atoms in total. The minimum atomic E-state index is -0.779. The van der Waals surface area contributed by atoms with Gasteiger partial charge in [0.25, 0.3) is 5.91 Å². The summed E-state index contributed by atoms with van der Waals surface area (Å²) in [6, 6.07) is 25.2. The molecule has 0 bridgehead atoms. The van der Waals surface area contributed by atoms with Gasteiger partial charge in [-0.1, -0.05) is 46.3 Å². The number of hydrogen-bond donors (Lipinski definition) is 1. The summed E-state index contributed by atoms with van der Waals surface area (Å²) < 4.78 is 17.2. The number of hydrazone groups is 1. The van der Waals surface area contributed by atoms with Crippen molar-refractivity contribution in [1.82, 2.24) is 5.43 Å². The normalized spacial score (nSPS) is 11.8. The third kappa shape index (κ3) is 6.28. The Hall–Kier alpha value is -4.17.